The Morgan fingerprint density at radius 1 is 0.533 bits per heavy atom. The molecule has 0 N–H and O–H groups in total. The zero-order chi connectivity index (χ0) is 20.2. The van der Waals surface area contributed by atoms with E-state index in [-0.39, 0.29) is 19.0 Å². The van der Waals surface area contributed by atoms with Gasteiger partial charge in [-0.1, -0.05) is 113 Å². The number of para-hydroxylation sites is 2. The molecule has 0 unspecified atom stereocenters. The van der Waals surface area contributed by atoms with Gasteiger partial charge >= 0.3 is 0 Å². The third kappa shape index (κ3) is 4.04. The van der Waals surface area contributed by atoms with Gasteiger partial charge in [0.15, 0.2) is 0 Å². The van der Waals surface area contributed by atoms with Gasteiger partial charge < -0.3 is 4.57 Å². The van der Waals surface area contributed by atoms with Crippen molar-refractivity contribution in [3.8, 4) is 0 Å². The van der Waals surface area contributed by atoms with Gasteiger partial charge in [0.05, 0.1) is 19.0 Å². The van der Waals surface area contributed by atoms with Crippen molar-refractivity contribution in [1.29, 1.82) is 0 Å². The Kier molecular flexibility index (Phi) is 5.64. The molecule has 0 saturated heterocycles. The first-order valence-electron chi connectivity index (χ1n) is 10.9. The molecule has 0 amide bonds. The van der Waals surface area contributed by atoms with Crippen LogP contribution in [0.25, 0.3) is 21.8 Å². The lowest BCUT2D eigenvalue weighted by Crippen LogP contribution is -2.30. The molecule has 1 aromatic heterocycles. The molecule has 0 saturated carbocycles. The summed E-state index contributed by atoms with van der Waals surface area (Å²) in [7, 11) is -0.590. The summed E-state index contributed by atoms with van der Waals surface area (Å²) in [6.07, 6.45) is 1.28. The summed E-state index contributed by atoms with van der Waals surface area (Å²) >= 11 is 0. The maximum atomic E-state index is 2.57. The van der Waals surface area contributed by atoms with Gasteiger partial charge in [0.25, 0.3) is 0 Å². The van der Waals surface area contributed by atoms with Crippen LogP contribution in [0.4, 0.5) is 0 Å². The molecule has 3 heteroatoms. The Bertz CT molecular complexity index is 1150. The number of aromatic nitrogens is 1. The molecule has 148 valence electrons. The van der Waals surface area contributed by atoms with Crippen molar-refractivity contribution in [2.75, 3.05) is 0 Å². The van der Waals surface area contributed by atoms with E-state index in [4.69, 9.17) is 0 Å². The smallest absolute Gasteiger partial charge is 0.0551 e. The van der Waals surface area contributed by atoms with E-state index in [1.807, 2.05) is 0 Å². The van der Waals surface area contributed by atoms with E-state index in [0.717, 1.165) is 11.7 Å². The highest BCUT2D eigenvalue weighted by molar-refractivity contribution is 6.73. The fraction of sp³-hybridized carbons (Fsp3) is 0.111. The van der Waals surface area contributed by atoms with Gasteiger partial charge in [0.1, 0.15) is 0 Å². The number of aryl methyl sites for hydroxylation is 1. The molecule has 0 atom stereocenters. The first kappa shape index (κ1) is 19.1. The number of fused-ring (bicyclic) bond motifs is 3. The quantitative estimate of drug-likeness (QED) is 0.351. The maximum absolute atomic E-state index is 2.57. The van der Waals surface area contributed by atoms with Crippen molar-refractivity contribution < 1.29 is 0 Å². The van der Waals surface area contributed by atoms with Crippen LogP contribution in [0.5, 0.6) is 0 Å². The fourth-order valence-electron chi connectivity index (χ4n) is 4.73. The van der Waals surface area contributed by atoms with Gasteiger partial charge in [-0.25, -0.2) is 0 Å². The Balaban J connectivity index is 1.45. The van der Waals surface area contributed by atoms with Crippen LogP contribution in [-0.4, -0.2) is 23.6 Å². The molecule has 0 aliphatic rings. The first-order valence-corrected chi connectivity index (χ1v) is 14.0. The van der Waals surface area contributed by atoms with Crippen LogP contribution in [0.15, 0.2) is 109 Å². The zero-order valence-electron chi connectivity index (χ0n) is 17.2. The van der Waals surface area contributed by atoms with Gasteiger partial charge in [-0.15, -0.1) is 0 Å². The molecule has 0 aliphatic carbocycles. The molecule has 0 bridgehead atoms. The number of nitrogens with zero attached hydrogens (tertiary/aromatic N) is 1. The first-order chi connectivity index (χ1) is 14.9. The van der Waals surface area contributed by atoms with Gasteiger partial charge in [-0.3, -0.25) is 0 Å². The lowest BCUT2D eigenvalue weighted by Gasteiger charge is -2.18. The Morgan fingerprint density at radius 3 is 1.47 bits per heavy atom. The van der Waals surface area contributed by atoms with Crippen molar-refractivity contribution in [2.45, 2.75) is 18.1 Å². The van der Waals surface area contributed by atoms with Gasteiger partial charge in [-0.05, 0) is 18.6 Å². The lowest BCUT2D eigenvalue weighted by atomic mass is 10.2. The normalized spacial score (nSPS) is 13.2. The monoisotopic (exact) mass is 421 g/mol. The minimum Gasteiger partial charge on any atom is -0.340 e. The van der Waals surface area contributed by atoms with E-state index >= 15 is 0 Å². The molecule has 0 spiro atoms. The maximum Gasteiger partial charge on any atom is 0.0551 e. The molecule has 5 rings (SSSR count). The summed E-state index contributed by atoms with van der Waals surface area (Å²) in [6.45, 7) is 1.11. The minimum absolute atomic E-state index is 0.295. The second-order valence-electron chi connectivity index (χ2n) is 8.22. The van der Waals surface area contributed by atoms with E-state index in [1.54, 1.807) is 10.4 Å². The average Bonchev–Trinajstić information content (AvgIpc) is 3.13. The third-order valence-corrected chi connectivity index (χ3v) is 11.8. The molecule has 1 heterocycles. The number of hydrogen-bond acceptors (Lipinski definition) is 0. The summed E-state index contributed by atoms with van der Waals surface area (Å²) in [5.74, 6) is 0. The zero-order valence-corrected chi connectivity index (χ0v) is 20.1. The summed E-state index contributed by atoms with van der Waals surface area (Å²) < 4.78 is 2.57. The molecule has 0 aliphatic heterocycles. The molecule has 0 fully saturated rings. The molecule has 5 aromatic rings. The van der Waals surface area contributed by atoms with Crippen LogP contribution in [0.2, 0.25) is 5.16 Å². The average molecular weight is 422 g/mol. The van der Waals surface area contributed by atoms with Crippen LogP contribution in [-0.2, 0) is 6.54 Å². The number of hydrogen-bond donors (Lipinski definition) is 0. The van der Waals surface area contributed by atoms with E-state index in [2.05, 4.69) is 114 Å². The SMILES string of the molecule is c1ccc([SiH2]C(CCn2c3ccccc3c3ccccc32)[SiH2]c2ccccc2)cc1. The summed E-state index contributed by atoms with van der Waals surface area (Å²) in [5.41, 5.74) is 2.75. The molecule has 0 radical (unpaired) electrons. The summed E-state index contributed by atoms with van der Waals surface area (Å²) in [6, 6.07) is 40.3. The van der Waals surface area contributed by atoms with Crippen LogP contribution in [0, 0.1) is 0 Å². The highest BCUT2D eigenvalue weighted by Gasteiger charge is 2.15. The predicted molar refractivity (Wildman–Crippen MR) is 137 cm³/mol. The highest BCUT2D eigenvalue weighted by Crippen LogP contribution is 2.29. The van der Waals surface area contributed by atoms with E-state index in [9.17, 15) is 0 Å². The largest absolute Gasteiger partial charge is 0.340 e. The Morgan fingerprint density at radius 2 is 0.967 bits per heavy atom. The molecule has 1 nitrogen and oxygen atoms in total. The van der Waals surface area contributed by atoms with Gasteiger partial charge in [-0.2, -0.15) is 0 Å². The lowest BCUT2D eigenvalue weighted by molar-refractivity contribution is 0.704. The van der Waals surface area contributed by atoms with Gasteiger partial charge in [0.2, 0.25) is 0 Å². The Labute approximate surface area is 183 Å². The number of rotatable bonds is 7. The van der Waals surface area contributed by atoms with Crippen LogP contribution >= 0.6 is 0 Å². The van der Waals surface area contributed by atoms with Gasteiger partial charge in [0, 0.05) is 28.4 Å². The van der Waals surface area contributed by atoms with E-state index in [0.29, 0.717) is 0 Å². The van der Waals surface area contributed by atoms with Crippen LogP contribution in [0.1, 0.15) is 6.42 Å². The third-order valence-electron chi connectivity index (χ3n) is 6.18. The second kappa shape index (κ2) is 8.86. The van der Waals surface area contributed by atoms with Crippen molar-refractivity contribution in [3.05, 3.63) is 109 Å². The molecular weight excluding hydrogens is 394 g/mol. The fourth-order valence-corrected chi connectivity index (χ4v) is 10.5. The predicted octanol–water partition coefficient (Wildman–Crippen LogP) is 3.92. The van der Waals surface area contributed by atoms with Crippen LogP contribution < -0.4 is 10.4 Å². The van der Waals surface area contributed by atoms with E-state index < -0.39 is 0 Å². The minimum atomic E-state index is -0.295. The molecule has 30 heavy (non-hydrogen) atoms. The van der Waals surface area contributed by atoms with Crippen LogP contribution in [0.3, 0.4) is 0 Å². The Hall–Kier alpha value is -2.89. The second-order valence-corrected chi connectivity index (χ2v) is 14.1. The van der Waals surface area contributed by atoms with Crippen molar-refractivity contribution in [1.82, 2.24) is 4.57 Å². The number of benzene rings is 4. The topological polar surface area (TPSA) is 4.93 Å². The standard InChI is InChI=1S/C27H27NSi2/c1-3-11-21(12-4-1)29-27(30-22-13-5-2-6-14-22)19-20-28-25-17-9-7-15-23(25)24-16-8-10-18-26(24)28/h1-18,27H,19-20,29-30H2. The van der Waals surface area contributed by atoms with Crippen molar-refractivity contribution in [2.24, 2.45) is 0 Å². The summed E-state index contributed by atoms with van der Waals surface area (Å²) in [4.78, 5) is 0. The summed E-state index contributed by atoms with van der Waals surface area (Å²) in [5, 5.41) is 6.85. The van der Waals surface area contributed by atoms with Crippen molar-refractivity contribution in [3.63, 3.8) is 0 Å². The highest BCUT2D eigenvalue weighted by atomic mass is 28.3. The van der Waals surface area contributed by atoms with E-state index in [1.165, 1.54) is 28.2 Å². The van der Waals surface area contributed by atoms with Crippen molar-refractivity contribution >= 4 is 51.2 Å². The molecule has 4 aromatic carbocycles. The molecular formula is C27H27NSi2.